The summed E-state index contributed by atoms with van der Waals surface area (Å²) >= 11 is 3.48. The lowest BCUT2D eigenvalue weighted by Gasteiger charge is -2.09. The van der Waals surface area contributed by atoms with Gasteiger partial charge < -0.3 is 15.4 Å². The van der Waals surface area contributed by atoms with Gasteiger partial charge in [-0.1, -0.05) is 34.1 Å². The second kappa shape index (κ2) is 8.27. The van der Waals surface area contributed by atoms with E-state index in [0.29, 0.717) is 6.54 Å². The summed E-state index contributed by atoms with van der Waals surface area (Å²) in [6.07, 6.45) is 1.79. The van der Waals surface area contributed by atoms with Gasteiger partial charge in [0.2, 0.25) is 0 Å². The summed E-state index contributed by atoms with van der Waals surface area (Å²) in [5, 5.41) is 7.70. The first kappa shape index (κ1) is 18.3. The molecule has 28 heavy (non-hydrogen) atoms. The Kier molecular flexibility index (Phi) is 5.39. The summed E-state index contributed by atoms with van der Waals surface area (Å²) in [5.74, 6) is 2.45. The van der Waals surface area contributed by atoms with E-state index in [1.165, 1.54) is 0 Å². The van der Waals surface area contributed by atoms with Gasteiger partial charge in [-0.05, 0) is 54.1 Å². The van der Waals surface area contributed by atoms with Crippen LogP contribution in [0, 0.1) is 0 Å². The highest BCUT2D eigenvalue weighted by Gasteiger charge is 2.03. The van der Waals surface area contributed by atoms with Crippen molar-refractivity contribution in [1.82, 2.24) is 9.97 Å². The average molecular weight is 435 g/mol. The van der Waals surface area contributed by atoms with Crippen molar-refractivity contribution in [1.29, 1.82) is 0 Å². The summed E-state index contributed by atoms with van der Waals surface area (Å²) in [4.78, 5) is 9.13. The first-order valence-corrected chi connectivity index (χ1v) is 9.65. The van der Waals surface area contributed by atoms with Crippen LogP contribution in [0.15, 0.2) is 77.4 Å². The van der Waals surface area contributed by atoms with Crippen LogP contribution < -0.4 is 15.4 Å². The highest BCUT2D eigenvalue weighted by molar-refractivity contribution is 9.10. The molecule has 4 aromatic rings. The fourth-order valence-corrected chi connectivity index (χ4v) is 3.24. The van der Waals surface area contributed by atoms with Crippen LogP contribution in [0.1, 0.15) is 5.56 Å². The fraction of sp³-hybridized carbons (Fsp3) is 0.0909. The molecule has 2 heterocycles. The van der Waals surface area contributed by atoms with Crippen molar-refractivity contribution in [3.63, 3.8) is 0 Å². The Morgan fingerprint density at radius 3 is 2.61 bits per heavy atom. The molecule has 0 radical (unpaired) electrons. The van der Waals surface area contributed by atoms with Crippen molar-refractivity contribution < 1.29 is 4.74 Å². The van der Waals surface area contributed by atoms with Crippen molar-refractivity contribution in [3.8, 4) is 5.75 Å². The normalized spacial score (nSPS) is 10.6. The minimum Gasteiger partial charge on any atom is -0.497 e. The van der Waals surface area contributed by atoms with Gasteiger partial charge in [0.15, 0.2) is 0 Å². The number of hydrogen-bond donors (Lipinski definition) is 2. The van der Waals surface area contributed by atoms with Crippen LogP contribution in [-0.2, 0) is 6.54 Å². The number of fused-ring (bicyclic) bond motifs is 1. The molecule has 0 bridgehead atoms. The van der Waals surface area contributed by atoms with E-state index in [-0.39, 0.29) is 0 Å². The van der Waals surface area contributed by atoms with Crippen molar-refractivity contribution in [2.45, 2.75) is 6.54 Å². The van der Waals surface area contributed by atoms with Gasteiger partial charge in [0, 0.05) is 22.1 Å². The SMILES string of the molecule is COc1ccc(CNc2cc3ccc(Nc4cccc(Br)c4)nc3cn2)cc1. The van der Waals surface area contributed by atoms with Crippen LogP contribution in [0.2, 0.25) is 0 Å². The largest absolute Gasteiger partial charge is 0.497 e. The number of nitrogens with zero attached hydrogens (tertiary/aromatic N) is 2. The molecule has 5 nitrogen and oxygen atoms in total. The summed E-state index contributed by atoms with van der Waals surface area (Å²) in [6.45, 7) is 0.693. The van der Waals surface area contributed by atoms with Crippen molar-refractivity contribution >= 4 is 44.2 Å². The molecule has 0 saturated heterocycles. The third-order valence-corrected chi connectivity index (χ3v) is 4.80. The molecule has 140 valence electrons. The van der Waals surface area contributed by atoms with Gasteiger partial charge in [-0.3, -0.25) is 0 Å². The predicted molar refractivity (Wildman–Crippen MR) is 117 cm³/mol. The number of nitrogens with one attached hydrogen (secondary N) is 2. The van der Waals surface area contributed by atoms with E-state index in [1.54, 1.807) is 13.3 Å². The molecule has 0 atom stereocenters. The molecular formula is C22H19BrN4O. The lowest BCUT2D eigenvalue weighted by molar-refractivity contribution is 0.414. The molecular weight excluding hydrogens is 416 g/mol. The second-order valence-electron chi connectivity index (χ2n) is 6.30. The second-order valence-corrected chi connectivity index (χ2v) is 7.21. The summed E-state index contributed by atoms with van der Waals surface area (Å²) < 4.78 is 6.21. The third-order valence-electron chi connectivity index (χ3n) is 4.31. The molecule has 2 N–H and O–H groups in total. The van der Waals surface area contributed by atoms with E-state index < -0.39 is 0 Å². The minimum atomic E-state index is 0.693. The highest BCUT2D eigenvalue weighted by atomic mass is 79.9. The molecule has 0 aliphatic carbocycles. The molecule has 0 aliphatic heterocycles. The monoisotopic (exact) mass is 434 g/mol. The van der Waals surface area contributed by atoms with Crippen LogP contribution in [0.3, 0.4) is 0 Å². The first-order valence-electron chi connectivity index (χ1n) is 8.86. The summed E-state index contributed by atoms with van der Waals surface area (Å²) in [6, 6.07) is 22.0. The van der Waals surface area contributed by atoms with Crippen LogP contribution in [-0.4, -0.2) is 17.1 Å². The topological polar surface area (TPSA) is 59.1 Å². The Morgan fingerprint density at radius 1 is 0.964 bits per heavy atom. The van der Waals surface area contributed by atoms with Gasteiger partial charge in [0.1, 0.15) is 17.4 Å². The van der Waals surface area contributed by atoms with Crippen molar-refractivity contribution in [3.05, 3.63) is 83.0 Å². The van der Waals surface area contributed by atoms with Gasteiger partial charge in [-0.2, -0.15) is 0 Å². The molecule has 2 aromatic carbocycles. The number of halogens is 1. The lowest BCUT2D eigenvalue weighted by atomic mass is 10.2. The number of methoxy groups -OCH3 is 1. The van der Waals surface area contributed by atoms with Gasteiger partial charge in [0.05, 0.1) is 18.8 Å². The van der Waals surface area contributed by atoms with Crippen LogP contribution in [0.5, 0.6) is 5.75 Å². The van der Waals surface area contributed by atoms with E-state index in [0.717, 1.165) is 44.0 Å². The number of rotatable bonds is 6. The Bertz CT molecular complexity index is 1100. The van der Waals surface area contributed by atoms with E-state index in [2.05, 4.69) is 36.5 Å². The van der Waals surface area contributed by atoms with Gasteiger partial charge in [0.25, 0.3) is 0 Å². The standard InChI is InChI=1S/C22H19BrN4O/c1-28-19-8-5-15(6-9-19)13-24-22-11-16-7-10-21(27-20(16)14-25-22)26-18-4-2-3-17(23)12-18/h2-12,14H,13H2,1H3,(H,24,25)(H,26,27). The average Bonchev–Trinajstić information content (AvgIpc) is 2.72. The predicted octanol–water partition coefficient (Wildman–Crippen LogP) is 5.76. The molecule has 4 rings (SSSR count). The van der Waals surface area contributed by atoms with E-state index in [1.807, 2.05) is 66.7 Å². The van der Waals surface area contributed by atoms with Crippen LogP contribution >= 0.6 is 15.9 Å². The number of benzene rings is 2. The van der Waals surface area contributed by atoms with Crippen LogP contribution in [0.25, 0.3) is 10.9 Å². The Labute approximate surface area is 171 Å². The van der Waals surface area contributed by atoms with Crippen molar-refractivity contribution in [2.75, 3.05) is 17.7 Å². The molecule has 0 aliphatic rings. The molecule has 0 saturated carbocycles. The zero-order valence-corrected chi connectivity index (χ0v) is 16.9. The molecule has 0 spiro atoms. The molecule has 0 amide bonds. The Hall–Kier alpha value is -3.12. The van der Waals surface area contributed by atoms with E-state index in [4.69, 9.17) is 4.74 Å². The third kappa shape index (κ3) is 4.40. The molecule has 6 heteroatoms. The van der Waals surface area contributed by atoms with Gasteiger partial charge in [-0.25, -0.2) is 9.97 Å². The van der Waals surface area contributed by atoms with E-state index in [9.17, 15) is 0 Å². The molecule has 2 aromatic heterocycles. The molecule has 0 unspecified atom stereocenters. The molecule has 0 fully saturated rings. The zero-order chi connectivity index (χ0) is 19.3. The number of aromatic nitrogens is 2. The zero-order valence-electron chi connectivity index (χ0n) is 15.3. The Morgan fingerprint density at radius 2 is 1.82 bits per heavy atom. The van der Waals surface area contributed by atoms with Crippen LogP contribution in [0.4, 0.5) is 17.3 Å². The first-order chi connectivity index (χ1) is 13.7. The van der Waals surface area contributed by atoms with E-state index >= 15 is 0 Å². The smallest absolute Gasteiger partial charge is 0.131 e. The highest BCUT2D eigenvalue weighted by Crippen LogP contribution is 2.22. The number of hydrogen-bond acceptors (Lipinski definition) is 5. The maximum atomic E-state index is 5.19. The minimum absolute atomic E-state index is 0.693. The van der Waals surface area contributed by atoms with Gasteiger partial charge >= 0.3 is 0 Å². The fourth-order valence-electron chi connectivity index (χ4n) is 2.84. The van der Waals surface area contributed by atoms with Crippen molar-refractivity contribution in [2.24, 2.45) is 0 Å². The van der Waals surface area contributed by atoms with Gasteiger partial charge in [-0.15, -0.1) is 0 Å². The quantitative estimate of drug-likeness (QED) is 0.404. The summed E-state index contributed by atoms with van der Waals surface area (Å²) in [5.41, 5.74) is 2.98. The number of ether oxygens (including phenoxy) is 1. The lowest BCUT2D eigenvalue weighted by Crippen LogP contribution is -2.01. The Balaban J connectivity index is 1.46. The number of anilines is 3. The maximum Gasteiger partial charge on any atom is 0.131 e. The number of pyridine rings is 2. The summed E-state index contributed by atoms with van der Waals surface area (Å²) in [7, 11) is 1.67. The maximum absolute atomic E-state index is 5.19.